The minimum Gasteiger partial charge on any atom is -0.457 e. The first-order valence-electron chi connectivity index (χ1n) is 12.2. The zero-order valence-electron chi connectivity index (χ0n) is 19.5. The summed E-state index contributed by atoms with van der Waals surface area (Å²) in [6.07, 6.45) is 1.58. The number of hydrogen-bond acceptors (Lipinski definition) is 7. The molecule has 34 heavy (non-hydrogen) atoms. The molecule has 0 amide bonds. The highest BCUT2D eigenvalue weighted by atomic mass is 16.5. The Morgan fingerprint density at radius 3 is 2.32 bits per heavy atom. The second-order valence-corrected chi connectivity index (χ2v) is 9.97. The highest BCUT2D eigenvalue weighted by Gasteiger charge is 2.33. The molecule has 2 atom stereocenters. The smallest absolute Gasteiger partial charge is 0.338 e. The summed E-state index contributed by atoms with van der Waals surface area (Å²) >= 11 is 0. The number of hydrogen-bond donors (Lipinski definition) is 1. The first-order valence-corrected chi connectivity index (χ1v) is 12.2. The number of carbonyl (C=O) groups excluding carboxylic acids is 2. The summed E-state index contributed by atoms with van der Waals surface area (Å²) in [5.41, 5.74) is 7.98. The third kappa shape index (κ3) is 3.63. The van der Waals surface area contributed by atoms with E-state index < -0.39 is 6.10 Å². The van der Waals surface area contributed by atoms with Gasteiger partial charge in [0.05, 0.1) is 17.2 Å². The molecule has 2 unspecified atom stereocenters. The summed E-state index contributed by atoms with van der Waals surface area (Å²) in [6, 6.07) is 7.74. The molecule has 1 aliphatic carbocycles. The number of piperazine rings is 1. The molecular formula is C27H30N2O5. The van der Waals surface area contributed by atoms with Gasteiger partial charge in [0.1, 0.15) is 13.2 Å². The first-order chi connectivity index (χ1) is 16.5. The maximum absolute atomic E-state index is 11.9. The van der Waals surface area contributed by atoms with Crippen molar-refractivity contribution in [2.24, 2.45) is 0 Å². The Balaban J connectivity index is 1.05. The van der Waals surface area contributed by atoms with Crippen molar-refractivity contribution in [3.63, 3.8) is 0 Å². The van der Waals surface area contributed by atoms with E-state index in [1.165, 1.54) is 11.1 Å². The molecular weight excluding hydrogens is 432 g/mol. The third-order valence-electron chi connectivity index (χ3n) is 8.16. The predicted molar refractivity (Wildman–Crippen MR) is 125 cm³/mol. The zero-order valence-corrected chi connectivity index (χ0v) is 19.5. The Labute approximate surface area is 199 Å². The van der Waals surface area contributed by atoms with Gasteiger partial charge in [0.15, 0.2) is 0 Å². The van der Waals surface area contributed by atoms with E-state index in [0.29, 0.717) is 31.2 Å². The van der Waals surface area contributed by atoms with Crippen LogP contribution in [0.2, 0.25) is 0 Å². The number of cyclic esters (lactones) is 2. The Bertz CT molecular complexity index is 1170. The van der Waals surface area contributed by atoms with Gasteiger partial charge in [-0.05, 0) is 60.1 Å². The summed E-state index contributed by atoms with van der Waals surface area (Å²) in [5.74, 6) is 0.0509. The topological polar surface area (TPSA) is 79.3 Å². The Hall–Kier alpha value is -2.74. The lowest BCUT2D eigenvalue weighted by Gasteiger charge is -2.37. The molecule has 1 N–H and O–H groups in total. The summed E-state index contributed by atoms with van der Waals surface area (Å²) in [4.78, 5) is 28.5. The molecule has 0 saturated carbocycles. The van der Waals surface area contributed by atoms with Gasteiger partial charge >= 0.3 is 11.9 Å². The van der Waals surface area contributed by atoms with Crippen LogP contribution in [0, 0.1) is 6.92 Å². The van der Waals surface area contributed by atoms with Crippen molar-refractivity contribution >= 4 is 11.9 Å². The maximum Gasteiger partial charge on any atom is 0.338 e. The lowest BCUT2D eigenvalue weighted by Crippen LogP contribution is -2.48. The molecule has 3 aliphatic heterocycles. The molecule has 0 spiro atoms. The molecule has 6 rings (SSSR count). The van der Waals surface area contributed by atoms with Gasteiger partial charge in [-0.3, -0.25) is 4.90 Å². The molecule has 7 nitrogen and oxygen atoms in total. The number of β-amino-alcohol motifs (C(OH)–C–C–N with tert-alkyl or cyclic N) is 1. The van der Waals surface area contributed by atoms with Gasteiger partial charge in [0, 0.05) is 50.4 Å². The van der Waals surface area contributed by atoms with E-state index in [9.17, 15) is 14.7 Å². The predicted octanol–water partition coefficient (Wildman–Crippen LogP) is 2.72. The maximum atomic E-state index is 11.9. The zero-order chi connectivity index (χ0) is 23.4. The molecule has 178 valence electrons. The number of rotatable bonds is 5. The van der Waals surface area contributed by atoms with Crippen molar-refractivity contribution in [1.82, 2.24) is 9.80 Å². The standard InChI is InChI=1S/C27H30N2O5/c1-16-18(4-6-21-23(16)14-33-26(21)31)25(30)13-29-10-8-28(9-11-29)12-17-2-3-20-19(17)5-7-22-24(20)15-34-27(22)32/h4-7,17,25,30H,2-3,8-15H2,1H3. The molecule has 2 aromatic carbocycles. The van der Waals surface area contributed by atoms with Gasteiger partial charge in [0.25, 0.3) is 0 Å². The fourth-order valence-electron chi connectivity index (χ4n) is 6.16. The number of ether oxygens (including phenoxy) is 2. The van der Waals surface area contributed by atoms with Crippen LogP contribution >= 0.6 is 0 Å². The average molecular weight is 463 g/mol. The van der Waals surface area contributed by atoms with Crippen LogP contribution in [-0.2, 0) is 29.1 Å². The Kier molecular flexibility index (Phi) is 5.43. The van der Waals surface area contributed by atoms with E-state index in [4.69, 9.17) is 9.47 Å². The molecule has 0 radical (unpaired) electrons. The summed E-state index contributed by atoms with van der Waals surface area (Å²) in [5, 5.41) is 10.9. The monoisotopic (exact) mass is 462 g/mol. The first kappa shape index (κ1) is 21.8. The van der Waals surface area contributed by atoms with Crippen LogP contribution in [0.1, 0.15) is 72.5 Å². The number of aliphatic hydroxyl groups excluding tert-OH is 1. The molecule has 4 aliphatic rings. The largest absolute Gasteiger partial charge is 0.457 e. The SMILES string of the molecule is Cc1c(C(O)CN2CCN(CC3CCc4c3ccc3c4COC3=O)CC2)ccc2c1COC2=O. The Morgan fingerprint density at radius 2 is 1.56 bits per heavy atom. The van der Waals surface area contributed by atoms with Crippen LogP contribution in [0.15, 0.2) is 24.3 Å². The van der Waals surface area contributed by atoms with Crippen LogP contribution in [0.25, 0.3) is 0 Å². The summed E-state index contributed by atoms with van der Waals surface area (Å²) < 4.78 is 10.4. The van der Waals surface area contributed by atoms with Crippen LogP contribution in [0.4, 0.5) is 0 Å². The van der Waals surface area contributed by atoms with Crippen LogP contribution in [-0.4, -0.2) is 66.1 Å². The highest BCUT2D eigenvalue weighted by molar-refractivity contribution is 5.94. The number of esters is 2. The highest BCUT2D eigenvalue weighted by Crippen LogP contribution is 2.39. The minimum absolute atomic E-state index is 0.184. The molecule has 0 bridgehead atoms. The quantitative estimate of drug-likeness (QED) is 0.685. The van der Waals surface area contributed by atoms with Crippen molar-refractivity contribution in [1.29, 1.82) is 0 Å². The van der Waals surface area contributed by atoms with Crippen molar-refractivity contribution in [2.75, 3.05) is 39.3 Å². The van der Waals surface area contributed by atoms with E-state index in [2.05, 4.69) is 15.9 Å². The van der Waals surface area contributed by atoms with Crippen molar-refractivity contribution in [2.45, 2.75) is 45.0 Å². The van der Waals surface area contributed by atoms with Gasteiger partial charge in [0.2, 0.25) is 0 Å². The van der Waals surface area contributed by atoms with E-state index in [-0.39, 0.29) is 11.9 Å². The van der Waals surface area contributed by atoms with Crippen molar-refractivity contribution < 1.29 is 24.2 Å². The number of fused-ring (bicyclic) bond motifs is 4. The van der Waals surface area contributed by atoms with Gasteiger partial charge in [-0.1, -0.05) is 12.1 Å². The fourth-order valence-corrected chi connectivity index (χ4v) is 6.16. The average Bonchev–Trinajstić information content (AvgIpc) is 3.53. The lowest BCUT2D eigenvalue weighted by molar-refractivity contribution is 0.0525. The Morgan fingerprint density at radius 1 is 0.912 bits per heavy atom. The van der Waals surface area contributed by atoms with Crippen molar-refractivity contribution in [3.8, 4) is 0 Å². The molecule has 1 saturated heterocycles. The number of benzene rings is 2. The van der Waals surface area contributed by atoms with Gasteiger partial charge in [-0.2, -0.15) is 0 Å². The third-order valence-corrected chi connectivity index (χ3v) is 8.16. The molecule has 7 heteroatoms. The number of nitrogens with zero attached hydrogens (tertiary/aromatic N) is 2. The lowest BCUT2D eigenvalue weighted by atomic mass is 9.95. The van der Waals surface area contributed by atoms with E-state index in [0.717, 1.165) is 73.4 Å². The van der Waals surface area contributed by atoms with Gasteiger partial charge in [-0.15, -0.1) is 0 Å². The molecule has 3 heterocycles. The summed E-state index contributed by atoms with van der Waals surface area (Å²) in [7, 11) is 0. The normalized spacial score (nSPS) is 22.8. The van der Waals surface area contributed by atoms with E-state index >= 15 is 0 Å². The fraction of sp³-hybridized carbons (Fsp3) is 0.481. The van der Waals surface area contributed by atoms with E-state index in [1.807, 2.05) is 19.1 Å². The van der Waals surface area contributed by atoms with Crippen LogP contribution in [0.5, 0.6) is 0 Å². The molecule has 0 aromatic heterocycles. The van der Waals surface area contributed by atoms with Gasteiger partial charge in [-0.25, -0.2) is 9.59 Å². The molecule has 2 aromatic rings. The van der Waals surface area contributed by atoms with Gasteiger partial charge < -0.3 is 19.5 Å². The number of carbonyl (C=O) groups is 2. The second-order valence-electron chi connectivity index (χ2n) is 9.97. The van der Waals surface area contributed by atoms with Crippen molar-refractivity contribution in [3.05, 3.63) is 68.8 Å². The minimum atomic E-state index is -0.582. The van der Waals surface area contributed by atoms with Crippen LogP contribution < -0.4 is 0 Å². The van der Waals surface area contributed by atoms with Crippen LogP contribution in [0.3, 0.4) is 0 Å². The summed E-state index contributed by atoms with van der Waals surface area (Å²) in [6.45, 7) is 8.14. The number of aliphatic hydroxyl groups is 1. The second kappa shape index (κ2) is 8.48. The molecule has 1 fully saturated rings. The van der Waals surface area contributed by atoms with E-state index in [1.54, 1.807) is 6.07 Å².